The first kappa shape index (κ1) is 27.8. The summed E-state index contributed by atoms with van der Waals surface area (Å²) in [5, 5.41) is 24.5. The summed E-state index contributed by atoms with van der Waals surface area (Å²) in [5.41, 5.74) is 4.13. The van der Waals surface area contributed by atoms with E-state index < -0.39 is 17.8 Å². The molecule has 2 amide bonds. The molecule has 1 aromatic heterocycles. The van der Waals surface area contributed by atoms with Crippen molar-refractivity contribution in [1.29, 1.82) is 0 Å². The van der Waals surface area contributed by atoms with Crippen LogP contribution in [0.2, 0.25) is 0 Å². The van der Waals surface area contributed by atoms with Gasteiger partial charge in [-0.1, -0.05) is 24.3 Å². The Kier molecular flexibility index (Phi) is 7.88. The van der Waals surface area contributed by atoms with Crippen LogP contribution in [-0.4, -0.2) is 76.1 Å². The van der Waals surface area contributed by atoms with Crippen LogP contribution in [0.15, 0.2) is 72.2 Å². The maximum Gasteiger partial charge on any atom is 0.255 e. The number of phenols is 1. The van der Waals surface area contributed by atoms with E-state index in [2.05, 4.69) is 32.2 Å². The van der Waals surface area contributed by atoms with Crippen LogP contribution >= 0.6 is 11.3 Å². The average molecular weight is 588 g/mol. The topological polar surface area (TPSA) is 109 Å². The first-order chi connectivity index (χ1) is 20.4. The molecule has 11 heteroatoms. The molecule has 0 radical (unpaired) electrons. The van der Waals surface area contributed by atoms with Crippen molar-refractivity contribution < 1.29 is 24.2 Å². The highest BCUT2D eigenvalue weighted by Gasteiger charge is 2.39. The second-order valence-corrected chi connectivity index (χ2v) is 11.2. The van der Waals surface area contributed by atoms with E-state index in [-0.39, 0.29) is 30.4 Å². The van der Waals surface area contributed by atoms with E-state index in [1.807, 2.05) is 30.3 Å². The number of aromatic hydroxyl groups is 1. The van der Waals surface area contributed by atoms with E-state index >= 15 is 0 Å². The Labute approximate surface area is 246 Å². The smallest absolute Gasteiger partial charge is 0.255 e. The van der Waals surface area contributed by atoms with Gasteiger partial charge < -0.3 is 20.0 Å². The van der Waals surface area contributed by atoms with Crippen molar-refractivity contribution >= 4 is 34.0 Å². The molecule has 6 rings (SSSR count). The molecule has 3 N–H and O–H groups in total. The lowest BCUT2D eigenvalue weighted by Crippen LogP contribution is -2.47. The third-order valence-corrected chi connectivity index (χ3v) is 8.49. The molecule has 1 fully saturated rings. The number of aliphatic hydroxyl groups excluding tert-OH is 1. The van der Waals surface area contributed by atoms with Crippen LogP contribution < -0.4 is 10.2 Å². The summed E-state index contributed by atoms with van der Waals surface area (Å²) in [4.78, 5) is 37.2. The van der Waals surface area contributed by atoms with Crippen molar-refractivity contribution in [1.82, 2.24) is 14.8 Å². The van der Waals surface area contributed by atoms with E-state index in [9.17, 15) is 24.2 Å². The van der Waals surface area contributed by atoms with Gasteiger partial charge in [0.15, 0.2) is 5.13 Å². The number of rotatable bonds is 8. The third-order valence-electron chi connectivity index (χ3n) is 7.80. The average Bonchev–Trinajstić information content (AvgIpc) is 3.63. The first-order valence-electron chi connectivity index (χ1n) is 13.7. The molecular formula is C31H30FN5O4S. The molecule has 216 valence electrons. The zero-order valence-electron chi connectivity index (χ0n) is 22.7. The number of carbonyl (C=O) groups excluding carboxylic acids is 2. The van der Waals surface area contributed by atoms with Crippen LogP contribution in [-0.2, 0) is 11.3 Å². The minimum atomic E-state index is -1.27. The fraction of sp³-hybridized carbons (Fsp3) is 0.258. The van der Waals surface area contributed by atoms with Gasteiger partial charge in [-0.15, -0.1) is 11.3 Å². The van der Waals surface area contributed by atoms with Crippen molar-refractivity contribution in [3.63, 3.8) is 0 Å². The maximum absolute atomic E-state index is 14.3. The van der Waals surface area contributed by atoms with E-state index in [1.165, 1.54) is 22.3 Å². The molecule has 1 atom stereocenters. The highest BCUT2D eigenvalue weighted by Crippen LogP contribution is 2.38. The molecule has 3 heterocycles. The summed E-state index contributed by atoms with van der Waals surface area (Å²) >= 11 is 1.22. The molecule has 2 aliphatic heterocycles. The van der Waals surface area contributed by atoms with Gasteiger partial charge in [-0.3, -0.25) is 19.8 Å². The fourth-order valence-corrected chi connectivity index (χ4v) is 6.13. The largest absolute Gasteiger partial charge is 0.508 e. The van der Waals surface area contributed by atoms with Gasteiger partial charge in [0.2, 0.25) is 0 Å². The maximum atomic E-state index is 14.3. The molecule has 3 aromatic carbocycles. The van der Waals surface area contributed by atoms with Crippen molar-refractivity contribution in [2.75, 3.05) is 49.5 Å². The number of aliphatic hydroxyl groups is 1. The monoisotopic (exact) mass is 587 g/mol. The Hall–Kier alpha value is -4.32. The number of carbonyl (C=O) groups is 2. The summed E-state index contributed by atoms with van der Waals surface area (Å²) in [6, 6.07) is 15.9. The molecule has 9 nitrogen and oxygen atoms in total. The number of β-amino-alcohol motifs (C(OH)–C–C–N with tert-alkyl or cyclic N) is 1. The van der Waals surface area contributed by atoms with Crippen LogP contribution in [0.5, 0.6) is 5.75 Å². The number of fused-ring (bicyclic) bond motifs is 1. The summed E-state index contributed by atoms with van der Waals surface area (Å²) in [7, 11) is 0. The number of nitrogens with zero attached hydrogens (tertiary/aromatic N) is 4. The number of hydrogen-bond donors (Lipinski definition) is 3. The molecule has 0 bridgehead atoms. The minimum absolute atomic E-state index is 0.00165. The number of amides is 2. The van der Waals surface area contributed by atoms with Crippen molar-refractivity contribution in [2.45, 2.75) is 12.6 Å². The Morgan fingerprint density at radius 1 is 1.02 bits per heavy atom. The zero-order chi connectivity index (χ0) is 29.2. The molecule has 0 spiro atoms. The van der Waals surface area contributed by atoms with Crippen LogP contribution in [0, 0.1) is 5.82 Å². The standard InChI is InChI=1S/C31H30FN5O4S/c32-23-5-8-27(39)26(18-23)28(29(40)34-31-33-9-16-42-31)37-19-22-2-1-21(17-25(22)30(37)41)20-3-6-24(7-4-20)36-12-10-35(11-13-36)14-15-38/h1-9,16-18,28,38-39H,10-15,19H2,(H,33,34,40). The summed E-state index contributed by atoms with van der Waals surface area (Å²) in [5.74, 6) is -1.89. The fourth-order valence-electron chi connectivity index (χ4n) is 5.60. The van der Waals surface area contributed by atoms with Gasteiger partial charge in [-0.25, -0.2) is 9.37 Å². The number of halogens is 1. The van der Waals surface area contributed by atoms with Crippen molar-refractivity contribution in [3.05, 3.63) is 94.7 Å². The normalized spacial score (nSPS) is 16.0. The zero-order valence-corrected chi connectivity index (χ0v) is 23.6. The Bertz CT molecular complexity index is 1590. The van der Waals surface area contributed by atoms with Gasteiger partial charge in [0.1, 0.15) is 17.6 Å². The van der Waals surface area contributed by atoms with E-state index in [0.717, 1.165) is 60.7 Å². The molecule has 0 aliphatic carbocycles. The number of phenolic OH excluding ortho intramolecular Hbond substituents is 1. The predicted molar refractivity (Wildman–Crippen MR) is 159 cm³/mol. The van der Waals surface area contributed by atoms with Crippen LogP contribution in [0.3, 0.4) is 0 Å². The SMILES string of the molecule is O=C(Nc1nccs1)C(c1cc(F)ccc1O)N1Cc2ccc(-c3ccc(N4CCN(CCO)CC4)cc3)cc2C1=O. The highest BCUT2D eigenvalue weighted by molar-refractivity contribution is 7.13. The Morgan fingerprint density at radius 2 is 1.79 bits per heavy atom. The van der Waals surface area contributed by atoms with Crippen molar-refractivity contribution in [2.24, 2.45) is 0 Å². The molecule has 1 unspecified atom stereocenters. The molecule has 0 saturated carbocycles. The molecular weight excluding hydrogens is 557 g/mol. The van der Waals surface area contributed by atoms with Crippen LogP contribution in [0.1, 0.15) is 27.5 Å². The number of piperazine rings is 1. The van der Waals surface area contributed by atoms with E-state index in [4.69, 9.17) is 0 Å². The third kappa shape index (κ3) is 5.58. The Balaban J connectivity index is 1.24. The van der Waals surface area contributed by atoms with Gasteiger partial charge in [-0.2, -0.15) is 0 Å². The lowest BCUT2D eigenvalue weighted by molar-refractivity contribution is -0.120. The van der Waals surface area contributed by atoms with E-state index in [1.54, 1.807) is 11.6 Å². The summed E-state index contributed by atoms with van der Waals surface area (Å²) in [6.45, 7) is 4.58. The minimum Gasteiger partial charge on any atom is -0.508 e. The second kappa shape index (κ2) is 11.9. The molecule has 4 aromatic rings. The molecule has 42 heavy (non-hydrogen) atoms. The predicted octanol–water partition coefficient (Wildman–Crippen LogP) is 4.10. The number of nitrogens with one attached hydrogen (secondary N) is 1. The van der Waals surface area contributed by atoms with Gasteiger partial charge in [0.05, 0.1) is 6.61 Å². The van der Waals surface area contributed by atoms with Gasteiger partial charge in [0.25, 0.3) is 11.8 Å². The number of thiazole rings is 1. The number of benzene rings is 3. The van der Waals surface area contributed by atoms with Gasteiger partial charge in [0, 0.05) is 67.7 Å². The quantitative estimate of drug-likeness (QED) is 0.285. The Morgan fingerprint density at radius 3 is 2.50 bits per heavy atom. The lowest BCUT2D eigenvalue weighted by atomic mass is 10.00. The van der Waals surface area contributed by atoms with Crippen LogP contribution in [0.4, 0.5) is 15.2 Å². The number of aromatic nitrogens is 1. The van der Waals surface area contributed by atoms with Gasteiger partial charge >= 0.3 is 0 Å². The molecule has 1 saturated heterocycles. The number of hydrogen-bond acceptors (Lipinski definition) is 8. The lowest BCUT2D eigenvalue weighted by Gasteiger charge is -2.35. The first-order valence-corrected chi connectivity index (χ1v) is 14.6. The van der Waals surface area contributed by atoms with E-state index in [0.29, 0.717) is 17.2 Å². The highest BCUT2D eigenvalue weighted by atomic mass is 32.1. The summed E-state index contributed by atoms with van der Waals surface area (Å²) < 4.78 is 14.3. The number of anilines is 2. The summed E-state index contributed by atoms with van der Waals surface area (Å²) in [6.07, 6.45) is 1.54. The van der Waals surface area contributed by atoms with Crippen LogP contribution in [0.25, 0.3) is 11.1 Å². The van der Waals surface area contributed by atoms with Crippen molar-refractivity contribution in [3.8, 4) is 16.9 Å². The second-order valence-electron chi connectivity index (χ2n) is 10.3. The molecule has 2 aliphatic rings. The van der Waals surface area contributed by atoms with Gasteiger partial charge in [-0.05, 0) is 53.1 Å².